The Hall–Kier alpha value is -6.59. The predicted octanol–water partition coefficient (Wildman–Crippen LogP) is 7.76. The first-order valence-electron chi connectivity index (χ1n) is 15.3. The van der Waals surface area contributed by atoms with Crippen LogP contribution in [0.2, 0.25) is 0 Å². The van der Waals surface area contributed by atoms with E-state index in [0.717, 1.165) is 21.7 Å². The Kier molecular flexibility index (Phi) is 7.23. The highest BCUT2D eigenvalue weighted by atomic mass is 32.1. The van der Waals surface area contributed by atoms with Crippen molar-refractivity contribution in [1.29, 1.82) is 0 Å². The van der Waals surface area contributed by atoms with E-state index in [0.29, 0.717) is 49.6 Å². The number of nitro benzene ring substituents is 1. The smallest absolute Gasteiger partial charge is 0.268 e. The van der Waals surface area contributed by atoms with Crippen LogP contribution in [0.15, 0.2) is 137 Å². The van der Waals surface area contributed by atoms with Crippen molar-refractivity contribution < 1.29 is 4.92 Å². The summed E-state index contributed by atoms with van der Waals surface area (Å²) in [6.07, 6.45) is 0. The minimum absolute atomic E-state index is 0.0769. The van der Waals surface area contributed by atoms with Crippen molar-refractivity contribution in [2.24, 2.45) is 0 Å². The van der Waals surface area contributed by atoms with Gasteiger partial charge in [-0.3, -0.25) is 24.3 Å². The van der Waals surface area contributed by atoms with Crippen LogP contribution in [0.5, 0.6) is 0 Å². The molecule has 0 aliphatic rings. The lowest BCUT2D eigenvalue weighted by molar-refractivity contribution is -0.384. The summed E-state index contributed by atoms with van der Waals surface area (Å²) < 4.78 is 3.12. The quantitative estimate of drug-likeness (QED) is 0.132. The Morgan fingerprint density at radius 1 is 0.653 bits per heavy atom. The Morgan fingerprint density at radius 2 is 1.31 bits per heavy atom. The molecule has 0 radical (unpaired) electrons. The molecule has 0 saturated carbocycles. The van der Waals surface area contributed by atoms with Gasteiger partial charge in [-0.1, -0.05) is 84.1 Å². The second-order valence-electron chi connectivity index (χ2n) is 11.3. The van der Waals surface area contributed by atoms with Gasteiger partial charge in [0.05, 0.1) is 27.2 Å². The van der Waals surface area contributed by atoms with E-state index in [2.05, 4.69) is 10.2 Å². The third-order valence-electron chi connectivity index (χ3n) is 8.35. The third-order valence-corrected chi connectivity index (χ3v) is 9.18. The van der Waals surface area contributed by atoms with Gasteiger partial charge in [-0.05, 0) is 65.9 Å². The predicted molar refractivity (Wildman–Crippen MR) is 192 cm³/mol. The van der Waals surface area contributed by atoms with Gasteiger partial charge in [-0.2, -0.15) is 0 Å². The molecule has 0 aliphatic heterocycles. The first-order chi connectivity index (χ1) is 23.9. The molecule has 0 amide bonds. The summed E-state index contributed by atoms with van der Waals surface area (Å²) in [5.41, 5.74) is 3.88. The second-order valence-corrected chi connectivity index (χ2v) is 12.5. The number of aryl methyl sites for hydroxylation is 1. The van der Waals surface area contributed by atoms with Gasteiger partial charge in [-0.15, -0.1) is 10.2 Å². The maximum absolute atomic E-state index is 14.5. The number of fused-ring (bicyclic) bond motifs is 2. The molecule has 0 bridgehead atoms. The van der Waals surface area contributed by atoms with E-state index in [1.807, 2.05) is 73.7 Å². The fourth-order valence-corrected chi connectivity index (χ4v) is 6.84. The lowest BCUT2D eigenvalue weighted by Gasteiger charge is -2.20. The third kappa shape index (κ3) is 5.09. The zero-order chi connectivity index (χ0) is 33.6. The van der Waals surface area contributed by atoms with E-state index in [1.165, 1.54) is 28.0 Å². The second kappa shape index (κ2) is 11.9. The number of rotatable bonds is 6. The van der Waals surface area contributed by atoms with Crippen molar-refractivity contribution in [3.63, 3.8) is 0 Å². The molecule has 0 atom stereocenters. The molecule has 11 heteroatoms. The number of nitrogens with zero attached hydrogens (tertiary/aromatic N) is 6. The van der Waals surface area contributed by atoms with Crippen LogP contribution in [-0.2, 0) is 0 Å². The molecule has 236 valence electrons. The van der Waals surface area contributed by atoms with Crippen LogP contribution in [-0.4, -0.2) is 29.2 Å². The summed E-state index contributed by atoms with van der Waals surface area (Å²) in [6, 6.07) is 37.7. The highest BCUT2D eigenvalue weighted by molar-refractivity contribution is 7.13. The summed E-state index contributed by atoms with van der Waals surface area (Å²) in [6.45, 7) is 1.84. The van der Waals surface area contributed by atoms with Gasteiger partial charge >= 0.3 is 0 Å². The molecule has 0 saturated heterocycles. The number of hydrogen-bond donors (Lipinski definition) is 0. The molecule has 5 aromatic carbocycles. The SMILES string of the molecule is Cc1nnc(-n2c(-c3ccccc3)c(-c3ccccc3)c3cc(-n4c(-c5ccc([N+](=O)[O-])cc5)nc5ccccc5c4=O)ccc3c2=O)s1. The molecule has 0 fully saturated rings. The van der Waals surface area contributed by atoms with Crippen LogP contribution >= 0.6 is 11.3 Å². The Balaban J connectivity index is 1.50. The van der Waals surface area contributed by atoms with Crippen molar-refractivity contribution in [3.8, 4) is 44.6 Å². The molecule has 49 heavy (non-hydrogen) atoms. The van der Waals surface area contributed by atoms with E-state index in [4.69, 9.17) is 4.98 Å². The van der Waals surface area contributed by atoms with E-state index in [1.54, 1.807) is 53.1 Å². The van der Waals surface area contributed by atoms with Crippen LogP contribution in [0.4, 0.5) is 5.69 Å². The van der Waals surface area contributed by atoms with E-state index >= 15 is 0 Å². The van der Waals surface area contributed by atoms with Gasteiger partial charge in [0.1, 0.15) is 10.8 Å². The highest BCUT2D eigenvalue weighted by Gasteiger charge is 2.24. The van der Waals surface area contributed by atoms with Crippen LogP contribution in [0.25, 0.3) is 66.3 Å². The number of non-ortho nitro benzene ring substituents is 1. The maximum Gasteiger partial charge on any atom is 0.269 e. The summed E-state index contributed by atoms with van der Waals surface area (Å²) in [5, 5.41) is 22.6. The van der Waals surface area contributed by atoms with Crippen LogP contribution in [0, 0.1) is 17.0 Å². The van der Waals surface area contributed by atoms with Gasteiger partial charge in [0.2, 0.25) is 5.13 Å². The van der Waals surface area contributed by atoms with E-state index in [9.17, 15) is 19.7 Å². The fraction of sp³-hybridized carbons (Fsp3) is 0.0263. The minimum Gasteiger partial charge on any atom is -0.268 e. The molecule has 8 aromatic rings. The molecular formula is C38H24N6O4S. The van der Waals surface area contributed by atoms with Gasteiger partial charge in [0, 0.05) is 28.6 Å². The number of aromatic nitrogens is 5. The average Bonchev–Trinajstić information content (AvgIpc) is 3.57. The van der Waals surface area contributed by atoms with Crippen molar-refractivity contribution in [1.82, 2.24) is 24.3 Å². The largest absolute Gasteiger partial charge is 0.269 e. The van der Waals surface area contributed by atoms with E-state index < -0.39 is 4.92 Å². The number of para-hydroxylation sites is 1. The first kappa shape index (κ1) is 29.8. The van der Waals surface area contributed by atoms with Crippen LogP contribution in [0.1, 0.15) is 5.01 Å². The normalized spacial score (nSPS) is 11.3. The molecule has 0 aliphatic carbocycles. The standard InChI is InChI=1S/C38H24N6O4S/c1-23-40-41-38(49-23)43-34(25-12-6-3-7-13-25)33(24-10-4-2-5-11-24)31-22-28(20-21-29(31)36(43)45)42-35(26-16-18-27(19-17-26)44(47)48)39-32-15-9-8-14-30(32)37(42)46/h2-22H,1H3. The zero-order valence-corrected chi connectivity index (χ0v) is 26.7. The lowest BCUT2D eigenvalue weighted by atomic mass is 9.93. The van der Waals surface area contributed by atoms with Gasteiger partial charge in [-0.25, -0.2) is 9.55 Å². The average molecular weight is 661 g/mol. The summed E-state index contributed by atoms with van der Waals surface area (Å²) in [7, 11) is 0. The summed E-state index contributed by atoms with van der Waals surface area (Å²) >= 11 is 1.33. The molecule has 0 unspecified atom stereocenters. The molecule has 3 aromatic heterocycles. The highest BCUT2D eigenvalue weighted by Crippen LogP contribution is 2.39. The van der Waals surface area contributed by atoms with Crippen LogP contribution in [0.3, 0.4) is 0 Å². The topological polar surface area (TPSA) is 126 Å². The molecule has 0 N–H and O–H groups in total. The van der Waals surface area contributed by atoms with Crippen LogP contribution < -0.4 is 11.1 Å². The monoisotopic (exact) mass is 660 g/mol. The Labute approximate surface area is 282 Å². The minimum atomic E-state index is -0.473. The number of pyridine rings is 1. The molecule has 8 rings (SSSR count). The number of nitro groups is 1. The zero-order valence-electron chi connectivity index (χ0n) is 25.8. The molecule has 10 nitrogen and oxygen atoms in total. The van der Waals surface area contributed by atoms with Crippen molar-refractivity contribution in [3.05, 3.63) is 163 Å². The van der Waals surface area contributed by atoms with Gasteiger partial charge in [0.25, 0.3) is 16.8 Å². The maximum atomic E-state index is 14.5. The summed E-state index contributed by atoms with van der Waals surface area (Å²) in [4.78, 5) is 44.7. The molecule has 0 spiro atoms. The first-order valence-corrected chi connectivity index (χ1v) is 16.1. The van der Waals surface area contributed by atoms with Crippen molar-refractivity contribution in [2.45, 2.75) is 6.92 Å². The lowest BCUT2D eigenvalue weighted by Crippen LogP contribution is -2.23. The van der Waals surface area contributed by atoms with Crippen molar-refractivity contribution >= 4 is 38.7 Å². The van der Waals surface area contributed by atoms with Crippen molar-refractivity contribution in [2.75, 3.05) is 0 Å². The number of benzene rings is 5. The number of hydrogen-bond acceptors (Lipinski definition) is 8. The van der Waals surface area contributed by atoms with Gasteiger partial charge in [0.15, 0.2) is 0 Å². The fourth-order valence-electron chi connectivity index (χ4n) is 6.15. The Bertz CT molecular complexity index is 2690. The Morgan fingerprint density at radius 3 is 1.98 bits per heavy atom. The van der Waals surface area contributed by atoms with E-state index in [-0.39, 0.29) is 16.8 Å². The molecule has 3 heterocycles. The summed E-state index contributed by atoms with van der Waals surface area (Å²) in [5.74, 6) is 0.306. The van der Waals surface area contributed by atoms with Gasteiger partial charge < -0.3 is 0 Å². The molecular weight excluding hydrogens is 637 g/mol.